The van der Waals surface area contributed by atoms with Crippen LogP contribution in [0.3, 0.4) is 0 Å². The second-order valence-electron chi connectivity index (χ2n) is 10.2. The number of rotatable bonds is 13. The van der Waals surface area contributed by atoms with Crippen LogP contribution in [-0.2, 0) is 37.4 Å². The molecule has 0 aliphatic carbocycles. The number of nitrogens with one attached hydrogen (secondary N) is 1. The van der Waals surface area contributed by atoms with Crippen LogP contribution >= 0.6 is 11.6 Å². The minimum absolute atomic E-state index is 0.0297. The number of nitrogens with zero attached hydrogens (tertiary/aromatic N) is 3. The van der Waals surface area contributed by atoms with Crippen molar-refractivity contribution in [2.45, 2.75) is 19.1 Å². The van der Waals surface area contributed by atoms with Gasteiger partial charge < -0.3 is 15.0 Å². The maximum atomic E-state index is 14.1. The number of ether oxygens (including phenoxy) is 1. The summed E-state index contributed by atoms with van der Waals surface area (Å²) in [5.74, 6) is -0.839. The second-order valence-corrected chi connectivity index (χ2v) is 12.6. The summed E-state index contributed by atoms with van der Waals surface area (Å²) >= 11 is 6.11. The summed E-state index contributed by atoms with van der Waals surface area (Å²) in [6, 6.07) is 24.2. The summed E-state index contributed by atoms with van der Waals surface area (Å²) in [5.41, 5.74) is 2.13. The molecule has 1 fully saturated rings. The van der Waals surface area contributed by atoms with E-state index < -0.39 is 28.5 Å². The van der Waals surface area contributed by atoms with E-state index in [9.17, 15) is 18.0 Å². The van der Waals surface area contributed by atoms with Crippen LogP contribution < -0.4 is 5.32 Å². The van der Waals surface area contributed by atoms with E-state index in [1.807, 2.05) is 48.5 Å². The van der Waals surface area contributed by atoms with Crippen molar-refractivity contribution >= 4 is 33.4 Å². The predicted molar refractivity (Wildman–Crippen MR) is 163 cm³/mol. The number of sulfonamides is 1. The average Bonchev–Trinajstić information content (AvgIpc) is 2.98. The van der Waals surface area contributed by atoms with Crippen LogP contribution in [0.15, 0.2) is 84.9 Å². The van der Waals surface area contributed by atoms with Crippen LogP contribution in [0.1, 0.15) is 22.7 Å². The summed E-state index contributed by atoms with van der Waals surface area (Å²) in [6.07, 6.45) is 1.08. The molecule has 0 aromatic heterocycles. The first-order chi connectivity index (χ1) is 20.2. The first-order valence-corrected chi connectivity index (χ1v) is 16.1. The van der Waals surface area contributed by atoms with Crippen molar-refractivity contribution in [1.29, 1.82) is 0 Å². The van der Waals surface area contributed by atoms with E-state index in [0.29, 0.717) is 36.9 Å². The number of carbonyl (C=O) groups excluding carboxylic acids is 2. The molecule has 1 aliphatic rings. The van der Waals surface area contributed by atoms with Crippen LogP contribution in [0.25, 0.3) is 0 Å². The molecule has 1 aliphatic heterocycles. The number of halogens is 1. The molecule has 0 radical (unpaired) electrons. The van der Waals surface area contributed by atoms with Crippen LogP contribution in [0.4, 0.5) is 0 Å². The van der Waals surface area contributed by atoms with E-state index in [0.717, 1.165) is 34.8 Å². The molecule has 2 amide bonds. The van der Waals surface area contributed by atoms with Gasteiger partial charge in [0.25, 0.3) is 0 Å². The molecule has 0 saturated carbocycles. The summed E-state index contributed by atoms with van der Waals surface area (Å²) in [4.78, 5) is 31.6. The lowest BCUT2D eigenvalue weighted by atomic mass is 10.0. The Morgan fingerprint density at radius 1 is 0.905 bits per heavy atom. The van der Waals surface area contributed by atoms with E-state index in [1.54, 1.807) is 36.4 Å². The molecule has 9 nitrogen and oxygen atoms in total. The molecule has 0 bridgehead atoms. The predicted octanol–water partition coefficient (Wildman–Crippen LogP) is 3.32. The Kier molecular flexibility index (Phi) is 11.5. The SMILES string of the molecule is CS(=O)(=O)N(CC(=O)N(Cc1ccc(Cl)cc1)[C@H](C(=O)NCCN1CCOCC1)c1ccccc1)Cc1ccccc1. The third kappa shape index (κ3) is 9.37. The molecule has 3 aromatic rings. The first kappa shape index (κ1) is 31.7. The molecular formula is C31H37ClN4O5S. The van der Waals surface area contributed by atoms with Crippen LogP contribution in [0, 0.1) is 0 Å². The highest BCUT2D eigenvalue weighted by atomic mass is 35.5. The van der Waals surface area contributed by atoms with Crippen molar-refractivity contribution in [3.05, 3.63) is 107 Å². The van der Waals surface area contributed by atoms with Gasteiger partial charge in [-0.2, -0.15) is 4.31 Å². The van der Waals surface area contributed by atoms with Crippen LogP contribution in [0.2, 0.25) is 5.02 Å². The lowest BCUT2D eigenvalue weighted by molar-refractivity contribution is -0.141. The van der Waals surface area contributed by atoms with Gasteiger partial charge in [-0.15, -0.1) is 0 Å². The molecule has 1 heterocycles. The Balaban J connectivity index is 1.63. The minimum atomic E-state index is -3.76. The molecule has 224 valence electrons. The highest BCUT2D eigenvalue weighted by molar-refractivity contribution is 7.88. The fourth-order valence-electron chi connectivity index (χ4n) is 4.80. The van der Waals surface area contributed by atoms with Crippen LogP contribution in [-0.4, -0.2) is 86.5 Å². The Morgan fingerprint density at radius 2 is 1.50 bits per heavy atom. The lowest BCUT2D eigenvalue weighted by Crippen LogP contribution is -2.49. The zero-order chi connectivity index (χ0) is 30.0. The van der Waals surface area contributed by atoms with Gasteiger partial charge in [0.15, 0.2) is 0 Å². The molecular weight excluding hydrogens is 576 g/mol. The zero-order valence-electron chi connectivity index (χ0n) is 23.7. The number of carbonyl (C=O) groups is 2. The molecule has 1 saturated heterocycles. The van der Waals surface area contributed by atoms with E-state index in [1.165, 1.54) is 4.90 Å². The largest absolute Gasteiger partial charge is 0.379 e. The topological polar surface area (TPSA) is 99.3 Å². The molecule has 1 N–H and O–H groups in total. The van der Waals surface area contributed by atoms with Crippen molar-refractivity contribution in [2.75, 3.05) is 52.2 Å². The van der Waals surface area contributed by atoms with Gasteiger partial charge in [0, 0.05) is 44.3 Å². The van der Waals surface area contributed by atoms with Crippen molar-refractivity contribution < 1.29 is 22.7 Å². The maximum Gasteiger partial charge on any atom is 0.247 e. The van der Waals surface area contributed by atoms with Crippen molar-refractivity contribution in [3.8, 4) is 0 Å². The number of morpholine rings is 1. The third-order valence-corrected chi connectivity index (χ3v) is 8.52. The van der Waals surface area contributed by atoms with Crippen molar-refractivity contribution in [2.24, 2.45) is 0 Å². The summed E-state index contributed by atoms with van der Waals surface area (Å²) in [5, 5.41) is 3.56. The Bertz CT molecular complexity index is 1400. The number of benzene rings is 3. The highest BCUT2D eigenvalue weighted by Gasteiger charge is 2.33. The highest BCUT2D eigenvalue weighted by Crippen LogP contribution is 2.25. The quantitative estimate of drug-likeness (QED) is 0.318. The van der Waals surface area contributed by atoms with Crippen molar-refractivity contribution in [1.82, 2.24) is 19.4 Å². The van der Waals surface area contributed by atoms with E-state index in [2.05, 4.69) is 10.2 Å². The van der Waals surface area contributed by atoms with Gasteiger partial charge in [0.2, 0.25) is 21.8 Å². The number of amides is 2. The molecule has 3 aromatic carbocycles. The van der Waals surface area contributed by atoms with Gasteiger partial charge in [0.05, 0.1) is 26.0 Å². The van der Waals surface area contributed by atoms with E-state index >= 15 is 0 Å². The van der Waals surface area contributed by atoms with Crippen molar-refractivity contribution in [3.63, 3.8) is 0 Å². The van der Waals surface area contributed by atoms with Gasteiger partial charge in [0.1, 0.15) is 6.04 Å². The molecule has 0 spiro atoms. The van der Waals surface area contributed by atoms with E-state index in [4.69, 9.17) is 16.3 Å². The lowest BCUT2D eigenvalue weighted by Gasteiger charge is -2.33. The third-order valence-electron chi connectivity index (χ3n) is 7.08. The number of hydrogen-bond acceptors (Lipinski definition) is 6. The molecule has 42 heavy (non-hydrogen) atoms. The van der Waals surface area contributed by atoms with Gasteiger partial charge in [-0.1, -0.05) is 84.4 Å². The Hall–Kier alpha value is -3.28. The van der Waals surface area contributed by atoms with Crippen LogP contribution in [0.5, 0.6) is 0 Å². The fourth-order valence-corrected chi connectivity index (χ4v) is 5.65. The minimum Gasteiger partial charge on any atom is -0.379 e. The molecule has 4 rings (SSSR count). The maximum absolute atomic E-state index is 14.1. The molecule has 1 atom stereocenters. The summed E-state index contributed by atoms with van der Waals surface area (Å²) in [7, 11) is -3.76. The van der Waals surface area contributed by atoms with E-state index in [-0.39, 0.29) is 19.0 Å². The smallest absolute Gasteiger partial charge is 0.247 e. The fraction of sp³-hybridized carbons (Fsp3) is 0.355. The van der Waals surface area contributed by atoms with Gasteiger partial charge in [-0.3, -0.25) is 14.5 Å². The second kappa shape index (κ2) is 15.3. The average molecular weight is 613 g/mol. The first-order valence-electron chi connectivity index (χ1n) is 13.9. The van der Waals surface area contributed by atoms with Gasteiger partial charge in [-0.05, 0) is 28.8 Å². The normalized spacial score (nSPS) is 14.8. The summed E-state index contributed by atoms with van der Waals surface area (Å²) in [6.45, 7) is 3.63. The molecule has 11 heteroatoms. The monoisotopic (exact) mass is 612 g/mol. The zero-order valence-corrected chi connectivity index (χ0v) is 25.3. The Labute approximate surface area is 253 Å². The van der Waals surface area contributed by atoms with Gasteiger partial charge >= 0.3 is 0 Å². The summed E-state index contributed by atoms with van der Waals surface area (Å²) < 4.78 is 32.2. The van der Waals surface area contributed by atoms with Gasteiger partial charge in [-0.25, -0.2) is 8.42 Å². The Morgan fingerprint density at radius 3 is 2.12 bits per heavy atom. The number of hydrogen-bond donors (Lipinski definition) is 1. The molecule has 0 unspecified atom stereocenters. The standard InChI is InChI=1S/C31H37ClN4O5S/c1-42(39,40)35(22-25-8-4-2-5-9-25)24-29(37)36(23-26-12-14-28(32)15-13-26)30(27-10-6-3-7-11-27)31(38)33-16-17-34-18-20-41-21-19-34/h2-15,30H,16-24H2,1H3,(H,33,38)/t30-/m0/s1.